The second-order valence-corrected chi connectivity index (χ2v) is 3.71. The van der Waals surface area contributed by atoms with Crippen molar-refractivity contribution in [2.24, 2.45) is 4.99 Å². The topological polar surface area (TPSA) is 137 Å². The lowest BCUT2D eigenvalue weighted by molar-refractivity contribution is -0.184. The molecule has 1 aliphatic heterocycles. The molecule has 0 saturated carbocycles. The summed E-state index contributed by atoms with van der Waals surface area (Å²) in [7, 11) is 0. The lowest BCUT2D eigenvalue weighted by atomic mass is 9.96. The average Bonchev–Trinajstić information content (AvgIpc) is 2.68. The van der Waals surface area contributed by atoms with Crippen molar-refractivity contribution in [2.75, 3.05) is 13.1 Å². The maximum Gasteiger partial charge on any atom is 0.336 e. The van der Waals surface area contributed by atoms with Gasteiger partial charge in [0.1, 0.15) is 6.34 Å². The van der Waals surface area contributed by atoms with Crippen molar-refractivity contribution in [3.05, 3.63) is 0 Å². The summed E-state index contributed by atoms with van der Waals surface area (Å²) < 4.78 is 0. The Bertz CT molecular complexity index is 394. The maximum absolute atomic E-state index is 11.4. The van der Waals surface area contributed by atoms with Crippen molar-refractivity contribution in [3.63, 3.8) is 0 Å². The van der Waals surface area contributed by atoms with E-state index in [1.807, 2.05) is 0 Å². The van der Waals surface area contributed by atoms with Crippen LogP contribution in [-0.2, 0) is 19.2 Å². The molecule has 1 rings (SSSR count). The number of hydroxylamine groups is 2. The van der Waals surface area contributed by atoms with Gasteiger partial charge in [0.05, 0.1) is 25.9 Å². The summed E-state index contributed by atoms with van der Waals surface area (Å²) in [6.07, 6.45) is -0.806. The van der Waals surface area contributed by atoms with Gasteiger partial charge in [0.2, 0.25) is 0 Å². The summed E-state index contributed by atoms with van der Waals surface area (Å²) in [6, 6.07) is 0. The number of hydrogen-bond donors (Lipinski definition) is 3. The highest BCUT2D eigenvalue weighted by Crippen LogP contribution is 2.17. The van der Waals surface area contributed by atoms with E-state index in [9.17, 15) is 19.5 Å². The fourth-order valence-corrected chi connectivity index (χ4v) is 1.30. The number of hydrogen-bond acceptors (Lipinski definition) is 7. The summed E-state index contributed by atoms with van der Waals surface area (Å²) in [5.41, 5.74) is -2.68. The van der Waals surface area contributed by atoms with Crippen molar-refractivity contribution in [1.82, 2.24) is 5.06 Å². The van der Waals surface area contributed by atoms with Crippen LogP contribution in [0.1, 0.15) is 12.8 Å². The van der Waals surface area contributed by atoms with Crippen LogP contribution < -0.4 is 0 Å². The van der Waals surface area contributed by atoms with Crippen LogP contribution >= 0.6 is 0 Å². The normalized spacial score (nSPS) is 17.3. The van der Waals surface area contributed by atoms with Crippen molar-refractivity contribution in [1.29, 1.82) is 0 Å². The Kier molecular flexibility index (Phi) is 4.21. The SMILES string of the molecule is O=C(O)CC(O)(CC(=O)ON1C=NCC1)C(=O)O. The molecule has 0 amide bonds. The van der Waals surface area contributed by atoms with Crippen LogP contribution in [0.5, 0.6) is 0 Å². The van der Waals surface area contributed by atoms with Crippen LogP contribution in [0.2, 0.25) is 0 Å². The van der Waals surface area contributed by atoms with Crippen molar-refractivity contribution < 1.29 is 34.5 Å². The van der Waals surface area contributed by atoms with Crippen molar-refractivity contribution in [3.8, 4) is 0 Å². The van der Waals surface area contributed by atoms with Crippen molar-refractivity contribution >= 4 is 24.2 Å². The molecule has 9 heteroatoms. The number of carbonyl (C=O) groups is 3. The van der Waals surface area contributed by atoms with E-state index in [2.05, 4.69) is 9.83 Å². The highest BCUT2D eigenvalue weighted by atomic mass is 16.7. The van der Waals surface area contributed by atoms with Crippen LogP contribution in [0.4, 0.5) is 0 Å². The third-order valence-electron chi connectivity index (χ3n) is 2.16. The first-order valence-corrected chi connectivity index (χ1v) is 4.98. The summed E-state index contributed by atoms with van der Waals surface area (Å²) in [5, 5.41) is 27.9. The first-order valence-electron chi connectivity index (χ1n) is 4.98. The number of aliphatic carboxylic acids is 2. The molecule has 0 fully saturated rings. The molecule has 1 heterocycles. The minimum Gasteiger partial charge on any atom is -0.481 e. The Morgan fingerprint density at radius 2 is 2.00 bits per heavy atom. The van der Waals surface area contributed by atoms with Gasteiger partial charge in [0.15, 0.2) is 5.60 Å². The second-order valence-electron chi connectivity index (χ2n) is 3.71. The molecule has 0 spiro atoms. The number of carboxylic acids is 2. The molecule has 100 valence electrons. The van der Waals surface area contributed by atoms with Gasteiger partial charge < -0.3 is 20.2 Å². The monoisotopic (exact) mass is 260 g/mol. The molecule has 0 aromatic carbocycles. The minimum atomic E-state index is -2.68. The molecule has 0 aliphatic carbocycles. The third kappa shape index (κ3) is 3.70. The van der Waals surface area contributed by atoms with Crippen LogP contribution in [0.3, 0.4) is 0 Å². The quantitative estimate of drug-likeness (QED) is 0.523. The maximum atomic E-state index is 11.4. The van der Waals surface area contributed by atoms with E-state index in [-0.39, 0.29) is 0 Å². The lowest BCUT2D eigenvalue weighted by Crippen LogP contribution is -2.44. The van der Waals surface area contributed by atoms with E-state index in [0.717, 1.165) is 5.06 Å². The van der Waals surface area contributed by atoms with Gasteiger partial charge in [-0.25, -0.2) is 9.59 Å². The molecule has 1 aliphatic rings. The van der Waals surface area contributed by atoms with E-state index < -0.39 is 36.4 Å². The standard InChI is InChI=1S/C9H12N2O7/c12-6(13)3-9(17,8(15)16)4-7(14)18-11-2-1-10-5-11/h5,17H,1-4H2,(H,12,13)(H,15,16). The highest BCUT2D eigenvalue weighted by Gasteiger charge is 2.42. The Labute approximate surface area is 101 Å². The van der Waals surface area contributed by atoms with E-state index in [1.54, 1.807) is 0 Å². The molecule has 1 atom stereocenters. The van der Waals surface area contributed by atoms with Gasteiger partial charge in [-0.3, -0.25) is 9.79 Å². The first kappa shape index (κ1) is 13.9. The van der Waals surface area contributed by atoms with Gasteiger partial charge in [-0.2, -0.15) is 5.06 Å². The predicted molar refractivity (Wildman–Crippen MR) is 55.6 cm³/mol. The molecular weight excluding hydrogens is 248 g/mol. The Balaban J connectivity index is 2.59. The Hall–Kier alpha value is -2.16. The molecule has 9 nitrogen and oxygen atoms in total. The molecule has 0 aromatic rings. The summed E-state index contributed by atoms with van der Waals surface area (Å²) >= 11 is 0. The van der Waals surface area contributed by atoms with Gasteiger partial charge in [-0.15, -0.1) is 0 Å². The molecule has 0 saturated heterocycles. The van der Waals surface area contributed by atoms with Crippen LogP contribution in [0.15, 0.2) is 4.99 Å². The Morgan fingerprint density at radius 3 is 2.44 bits per heavy atom. The molecule has 0 aromatic heterocycles. The van der Waals surface area contributed by atoms with E-state index in [0.29, 0.717) is 13.1 Å². The zero-order valence-corrected chi connectivity index (χ0v) is 9.27. The number of aliphatic hydroxyl groups is 1. The van der Waals surface area contributed by atoms with Gasteiger partial charge in [0.25, 0.3) is 0 Å². The predicted octanol–water partition coefficient (Wildman–Crippen LogP) is -1.53. The van der Waals surface area contributed by atoms with Crippen LogP contribution in [0.25, 0.3) is 0 Å². The summed E-state index contributed by atoms with van der Waals surface area (Å²) in [5.74, 6) is -4.37. The van der Waals surface area contributed by atoms with Gasteiger partial charge >= 0.3 is 17.9 Å². The molecular formula is C9H12N2O7. The largest absolute Gasteiger partial charge is 0.481 e. The van der Waals surface area contributed by atoms with Gasteiger partial charge in [-0.05, 0) is 0 Å². The lowest BCUT2D eigenvalue weighted by Gasteiger charge is -2.21. The van der Waals surface area contributed by atoms with Crippen LogP contribution in [0, 0.1) is 0 Å². The average molecular weight is 260 g/mol. The zero-order valence-electron chi connectivity index (χ0n) is 9.27. The number of carbonyl (C=O) groups excluding carboxylic acids is 1. The van der Waals surface area contributed by atoms with E-state index >= 15 is 0 Å². The molecule has 0 radical (unpaired) electrons. The molecule has 3 N–H and O–H groups in total. The van der Waals surface area contributed by atoms with Crippen molar-refractivity contribution in [2.45, 2.75) is 18.4 Å². The first-order chi connectivity index (χ1) is 8.33. The molecule has 18 heavy (non-hydrogen) atoms. The number of aliphatic imine (C=N–C) groups is 1. The summed E-state index contributed by atoms with van der Waals surface area (Å²) in [4.78, 5) is 41.0. The number of carboxylic acid groups (broad SMARTS) is 2. The molecule has 1 unspecified atom stereocenters. The number of rotatable bonds is 6. The second kappa shape index (κ2) is 5.45. The van der Waals surface area contributed by atoms with Crippen LogP contribution in [-0.4, -0.2) is 63.3 Å². The third-order valence-corrected chi connectivity index (χ3v) is 2.16. The van der Waals surface area contributed by atoms with Gasteiger partial charge in [0, 0.05) is 0 Å². The Morgan fingerprint density at radius 1 is 1.33 bits per heavy atom. The van der Waals surface area contributed by atoms with E-state index in [4.69, 9.17) is 10.2 Å². The smallest absolute Gasteiger partial charge is 0.336 e. The minimum absolute atomic E-state index is 0.330. The highest BCUT2D eigenvalue weighted by molar-refractivity contribution is 5.88. The summed E-state index contributed by atoms with van der Waals surface area (Å²) in [6.45, 7) is 0.766. The fourth-order valence-electron chi connectivity index (χ4n) is 1.30. The zero-order chi connectivity index (χ0) is 13.8. The van der Waals surface area contributed by atoms with E-state index in [1.165, 1.54) is 6.34 Å². The van der Waals surface area contributed by atoms with Gasteiger partial charge in [-0.1, -0.05) is 0 Å². The number of nitrogens with zero attached hydrogens (tertiary/aromatic N) is 2. The molecule has 0 bridgehead atoms. The fraction of sp³-hybridized carbons (Fsp3) is 0.556.